The molecule has 0 saturated heterocycles. The SMILES string of the molecule is C/C=C\CC(=N)c1cc(Nc2ccnc(N)n2)ccc1N. The van der Waals surface area contributed by atoms with Gasteiger partial charge in [0.15, 0.2) is 0 Å². The van der Waals surface area contributed by atoms with Crippen LogP contribution in [0.1, 0.15) is 18.9 Å². The van der Waals surface area contributed by atoms with E-state index in [-0.39, 0.29) is 5.95 Å². The molecule has 1 aromatic heterocycles. The standard InChI is InChI=1S/C15H18N6/c1-2-3-4-12(16)11-9-10(5-6-13(11)17)20-14-7-8-19-15(18)21-14/h2-3,5-9,16H,4,17H2,1H3,(H3,18,19,20,21)/b3-2-,16-12?. The number of nitrogen functional groups attached to an aromatic ring is 2. The second-order valence-electron chi connectivity index (χ2n) is 4.48. The number of nitrogens with zero attached hydrogens (tertiary/aromatic N) is 2. The Morgan fingerprint density at radius 3 is 2.86 bits per heavy atom. The average molecular weight is 282 g/mol. The number of hydrogen-bond donors (Lipinski definition) is 4. The third-order valence-corrected chi connectivity index (χ3v) is 2.88. The number of rotatable bonds is 5. The van der Waals surface area contributed by atoms with Gasteiger partial charge >= 0.3 is 0 Å². The van der Waals surface area contributed by atoms with Crippen LogP contribution in [0.2, 0.25) is 0 Å². The minimum atomic E-state index is 0.205. The average Bonchev–Trinajstić information content (AvgIpc) is 2.47. The van der Waals surface area contributed by atoms with Crippen molar-refractivity contribution in [2.24, 2.45) is 0 Å². The lowest BCUT2D eigenvalue weighted by atomic mass is 10.0. The third-order valence-electron chi connectivity index (χ3n) is 2.88. The van der Waals surface area contributed by atoms with Gasteiger partial charge in [-0.2, -0.15) is 4.98 Å². The number of anilines is 4. The third kappa shape index (κ3) is 3.79. The highest BCUT2D eigenvalue weighted by molar-refractivity contribution is 6.04. The predicted molar refractivity (Wildman–Crippen MR) is 86.8 cm³/mol. The van der Waals surface area contributed by atoms with Crippen LogP contribution in [0, 0.1) is 5.41 Å². The van der Waals surface area contributed by atoms with Crippen LogP contribution in [0.5, 0.6) is 0 Å². The maximum absolute atomic E-state index is 8.08. The van der Waals surface area contributed by atoms with E-state index in [0.717, 1.165) is 5.69 Å². The van der Waals surface area contributed by atoms with Crippen molar-refractivity contribution in [1.82, 2.24) is 9.97 Å². The largest absolute Gasteiger partial charge is 0.398 e. The van der Waals surface area contributed by atoms with Crippen molar-refractivity contribution >= 4 is 28.9 Å². The van der Waals surface area contributed by atoms with Crippen LogP contribution < -0.4 is 16.8 Å². The Balaban J connectivity index is 2.24. The van der Waals surface area contributed by atoms with Crippen molar-refractivity contribution < 1.29 is 0 Å². The van der Waals surface area contributed by atoms with Crippen LogP contribution in [0.15, 0.2) is 42.6 Å². The van der Waals surface area contributed by atoms with Crippen molar-refractivity contribution in [2.75, 3.05) is 16.8 Å². The molecule has 0 bridgehead atoms. The summed E-state index contributed by atoms with van der Waals surface area (Å²) < 4.78 is 0. The van der Waals surface area contributed by atoms with Gasteiger partial charge in [-0.1, -0.05) is 12.2 Å². The fourth-order valence-electron chi connectivity index (χ4n) is 1.83. The van der Waals surface area contributed by atoms with Crippen LogP contribution in [0.25, 0.3) is 0 Å². The highest BCUT2D eigenvalue weighted by Crippen LogP contribution is 2.22. The zero-order chi connectivity index (χ0) is 15.2. The summed E-state index contributed by atoms with van der Waals surface area (Å²) >= 11 is 0. The number of nitrogens with two attached hydrogens (primary N) is 2. The first kappa shape index (κ1) is 14.5. The van der Waals surface area contributed by atoms with Gasteiger partial charge in [0.1, 0.15) is 5.82 Å². The smallest absolute Gasteiger partial charge is 0.221 e. The molecular weight excluding hydrogens is 264 g/mol. The first-order chi connectivity index (χ1) is 10.1. The molecule has 108 valence electrons. The highest BCUT2D eigenvalue weighted by atomic mass is 15.1. The van der Waals surface area contributed by atoms with Gasteiger partial charge in [0.05, 0.1) is 0 Å². The normalized spacial score (nSPS) is 10.7. The molecule has 0 aliphatic carbocycles. The molecule has 1 heterocycles. The molecule has 0 saturated carbocycles. The second kappa shape index (κ2) is 6.51. The number of nitrogens with one attached hydrogen (secondary N) is 2. The summed E-state index contributed by atoms with van der Waals surface area (Å²) in [7, 11) is 0. The quantitative estimate of drug-likeness (QED) is 0.382. The van der Waals surface area contributed by atoms with E-state index in [4.69, 9.17) is 16.9 Å². The van der Waals surface area contributed by atoms with Gasteiger partial charge in [0.25, 0.3) is 0 Å². The van der Waals surface area contributed by atoms with E-state index >= 15 is 0 Å². The molecule has 0 unspecified atom stereocenters. The minimum absolute atomic E-state index is 0.205. The molecule has 0 radical (unpaired) electrons. The van der Waals surface area contributed by atoms with Crippen molar-refractivity contribution in [2.45, 2.75) is 13.3 Å². The Kier molecular flexibility index (Phi) is 4.50. The highest BCUT2D eigenvalue weighted by Gasteiger charge is 2.07. The summed E-state index contributed by atoms with van der Waals surface area (Å²) in [6.07, 6.45) is 5.96. The van der Waals surface area contributed by atoms with E-state index in [9.17, 15) is 0 Å². The molecule has 0 atom stereocenters. The molecule has 21 heavy (non-hydrogen) atoms. The summed E-state index contributed by atoms with van der Waals surface area (Å²) in [4.78, 5) is 7.91. The molecular formula is C15H18N6. The Bertz CT molecular complexity index is 678. The molecule has 2 rings (SSSR count). The summed E-state index contributed by atoms with van der Waals surface area (Å²) in [5.74, 6) is 0.801. The van der Waals surface area contributed by atoms with Crippen molar-refractivity contribution in [3.8, 4) is 0 Å². The zero-order valence-corrected chi connectivity index (χ0v) is 11.8. The van der Waals surface area contributed by atoms with Crippen molar-refractivity contribution in [3.05, 3.63) is 48.2 Å². The Morgan fingerprint density at radius 2 is 2.14 bits per heavy atom. The molecule has 0 aliphatic rings. The summed E-state index contributed by atoms with van der Waals surface area (Å²) in [6.45, 7) is 1.92. The molecule has 2 aromatic rings. The van der Waals surface area contributed by atoms with Crippen LogP contribution >= 0.6 is 0 Å². The number of aromatic nitrogens is 2. The second-order valence-corrected chi connectivity index (χ2v) is 4.48. The first-order valence-corrected chi connectivity index (χ1v) is 6.54. The molecule has 0 aliphatic heterocycles. The zero-order valence-electron chi connectivity index (χ0n) is 11.8. The topological polar surface area (TPSA) is 114 Å². The Labute approximate surface area is 123 Å². The van der Waals surface area contributed by atoms with Crippen LogP contribution in [0.3, 0.4) is 0 Å². The summed E-state index contributed by atoms with van der Waals surface area (Å²) in [5.41, 5.74) is 14.0. The van der Waals surface area contributed by atoms with E-state index < -0.39 is 0 Å². The summed E-state index contributed by atoms with van der Waals surface area (Å²) in [5, 5.41) is 11.2. The molecule has 0 spiro atoms. The predicted octanol–water partition coefficient (Wildman–Crippen LogP) is 2.72. The number of allylic oxidation sites excluding steroid dienone is 2. The van der Waals surface area contributed by atoms with E-state index in [1.54, 1.807) is 18.3 Å². The van der Waals surface area contributed by atoms with Gasteiger partial charge in [-0.15, -0.1) is 0 Å². The van der Waals surface area contributed by atoms with Gasteiger partial charge in [-0.3, -0.25) is 0 Å². The van der Waals surface area contributed by atoms with Crippen molar-refractivity contribution in [1.29, 1.82) is 5.41 Å². The molecule has 1 aromatic carbocycles. The number of hydrogen-bond acceptors (Lipinski definition) is 6. The first-order valence-electron chi connectivity index (χ1n) is 6.54. The number of benzene rings is 1. The van der Waals surface area contributed by atoms with E-state index in [1.807, 2.05) is 31.2 Å². The minimum Gasteiger partial charge on any atom is -0.398 e. The van der Waals surface area contributed by atoms with Crippen LogP contribution in [-0.2, 0) is 0 Å². The fourth-order valence-corrected chi connectivity index (χ4v) is 1.83. The van der Waals surface area contributed by atoms with Gasteiger partial charge in [0.2, 0.25) is 5.95 Å². The lowest BCUT2D eigenvalue weighted by Gasteiger charge is -2.10. The molecule has 0 fully saturated rings. The molecule has 6 heteroatoms. The lowest BCUT2D eigenvalue weighted by Crippen LogP contribution is -2.05. The fraction of sp³-hybridized carbons (Fsp3) is 0.133. The van der Waals surface area contributed by atoms with Crippen LogP contribution in [-0.4, -0.2) is 15.7 Å². The summed E-state index contributed by atoms with van der Waals surface area (Å²) in [6, 6.07) is 7.16. The lowest BCUT2D eigenvalue weighted by molar-refractivity contribution is 1.18. The van der Waals surface area contributed by atoms with Crippen molar-refractivity contribution in [3.63, 3.8) is 0 Å². The van der Waals surface area contributed by atoms with Gasteiger partial charge in [-0.05, 0) is 31.2 Å². The van der Waals surface area contributed by atoms with Gasteiger partial charge in [0, 0.05) is 35.3 Å². The van der Waals surface area contributed by atoms with Gasteiger partial charge in [-0.25, -0.2) is 4.98 Å². The van der Waals surface area contributed by atoms with E-state index in [1.165, 1.54) is 0 Å². The molecule has 6 nitrogen and oxygen atoms in total. The molecule has 6 N–H and O–H groups in total. The van der Waals surface area contributed by atoms with Gasteiger partial charge < -0.3 is 22.2 Å². The maximum atomic E-state index is 8.08. The van der Waals surface area contributed by atoms with E-state index in [2.05, 4.69) is 15.3 Å². The van der Waals surface area contributed by atoms with Crippen LogP contribution in [0.4, 0.5) is 23.1 Å². The van der Waals surface area contributed by atoms with E-state index in [0.29, 0.717) is 29.2 Å². The maximum Gasteiger partial charge on any atom is 0.221 e. The Hall–Kier alpha value is -2.89. The Morgan fingerprint density at radius 1 is 1.33 bits per heavy atom. The molecule has 0 amide bonds. The monoisotopic (exact) mass is 282 g/mol.